The maximum Gasteiger partial charge on any atom is 0.142 e. The summed E-state index contributed by atoms with van der Waals surface area (Å²) in [6, 6.07) is 11.1. The molecule has 0 aliphatic heterocycles. The van der Waals surface area contributed by atoms with E-state index in [1.807, 2.05) is 37.3 Å². The van der Waals surface area contributed by atoms with Gasteiger partial charge in [0.15, 0.2) is 0 Å². The monoisotopic (exact) mass is 254 g/mol. The third kappa shape index (κ3) is 2.01. The van der Waals surface area contributed by atoms with Crippen molar-refractivity contribution in [2.75, 3.05) is 7.11 Å². The molecule has 0 amide bonds. The fourth-order valence-corrected chi connectivity index (χ4v) is 2.08. The van der Waals surface area contributed by atoms with Crippen molar-refractivity contribution >= 4 is 11.0 Å². The zero-order valence-electron chi connectivity index (χ0n) is 10.8. The van der Waals surface area contributed by atoms with Gasteiger partial charge in [0.2, 0.25) is 0 Å². The van der Waals surface area contributed by atoms with Crippen LogP contribution in [0.3, 0.4) is 0 Å². The summed E-state index contributed by atoms with van der Waals surface area (Å²) in [5.74, 6) is 1.65. The van der Waals surface area contributed by atoms with Gasteiger partial charge in [-0.3, -0.25) is 0 Å². The lowest BCUT2D eigenvalue weighted by Gasteiger charge is -2.02. The molecule has 0 aliphatic rings. The number of phenols is 1. The van der Waals surface area contributed by atoms with Crippen molar-refractivity contribution < 1.29 is 9.84 Å². The van der Waals surface area contributed by atoms with Crippen LogP contribution in [-0.4, -0.2) is 22.2 Å². The van der Waals surface area contributed by atoms with Crippen LogP contribution in [-0.2, 0) is 0 Å². The second-order valence-corrected chi connectivity index (χ2v) is 4.49. The van der Waals surface area contributed by atoms with Crippen LogP contribution in [0.2, 0.25) is 0 Å². The molecule has 3 aromatic rings. The first kappa shape index (κ1) is 11.6. The van der Waals surface area contributed by atoms with Crippen LogP contribution in [0.15, 0.2) is 36.4 Å². The Morgan fingerprint density at radius 1 is 1.16 bits per heavy atom. The minimum absolute atomic E-state index is 0.219. The van der Waals surface area contributed by atoms with Crippen molar-refractivity contribution in [3.8, 4) is 22.9 Å². The molecule has 1 heterocycles. The zero-order valence-corrected chi connectivity index (χ0v) is 10.8. The van der Waals surface area contributed by atoms with Gasteiger partial charge in [-0.15, -0.1) is 0 Å². The number of nitrogens with zero attached hydrogens (tertiary/aromatic N) is 1. The molecule has 0 bridgehead atoms. The van der Waals surface area contributed by atoms with E-state index >= 15 is 0 Å². The Morgan fingerprint density at radius 3 is 2.79 bits per heavy atom. The molecule has 0 spiro atoms. The average Bonchev–Trinajstić information content (AvgIpc) is 2.83. The van der Waals surface area contributed by atoms with Crippen molar-refractivity contribution in [2.24, 2.45) is 0 Å². The minimum atomic E-state index is 0.219. The first-order valence-electron chi connectivity index (χ1n) is 6.01. The Hall–Kier alpha value is -2.49. The van der Waals surface area contributed by atoms with Crippen molar-refractivity contribution in [1.82, 2.24) is 9.97 Å². The molecule has 0 atom stereocenters. The van der Waals surface area contributed by atoms with E-state index in [-0.39, 0.29) is 5.75 Å². The number of hydrogen-bond donors (Lipinski definition) is 2. The molecular weight excluding hydrogens is 240 g/mol. The second-order valence-electron chi connectivity index (χ2n) is 4.49. The van der Waals surface area contributed by atoms with E-state index in [0.717, 1.165) is 22.3 Å². The molecule has 96 valence electrons. The molecule has 0 radical (unpaired) electrons. The van der Waals surface area contributed by atoms with E-state index in [9.17, 15) is 5.11 Å². The first-order chi connectivity index (χ1) is 9.17. The molecule has 0 saturated carbocycles. The van der Waals surface area contributed by atoms with E-state index in [1.165, 1.54) is 0 Å². The number of aromatic hydroxyl groups is 1. The molecule has 19 heavy (non-hydrogen) atoms. The molecular formula is C15H14N2O2. The number of phenolic OH excluding ortho intramolecular Hbond substituents is 1. The van der Waals surface area contributed by atoms with Gasteiger partial charge < -0.3 is 14.8 Å². The Balaban J connectivity index is 2.17. The molecule has 3 rings (SSSR count). The predicted molar refractivity (Wildman–Crippen MR) is 74.5 cm³/mol. The lowest BCUT2D eigenvalue weighted by Crippen LogP contribution is -1.83. The molecule has 0 unspecified atom stereocenters. The number of ether oxygens (including phenoxy) is 1. The summed E-state index contributed by atoms with van der Waals surface area (Å²) in [6.07, 6.45) is 0. The number of rotatable bonds is 2. The minimum Gasteiger partial charge on any atom is -0.507 e. The lowest BCUT2D eigenvalue weighted by atomic mass is 10.1. The Bertz CT molecular complexity index is 747. The molecule has 4 nitrogen and oxygen atoms in total. The SMILES string of the molecule is COc1ccc2nc(-c3cc(C)ccc3O)[nH]c2c1. The van der Waals surface area contributed by atoms with Crippen molar-refractivity contribution in [3.05, 3.63) is 42.0 Å². The van der Waals surface area contributed by atoms with Gasteiger partial charge in [-0.1, -0.05) is 11.6 Å². The summed E-state index contributed by atoms with van der Waals surface area (Å²) in [7, 11) is 1.63. The number of nitrogens with one attached hydrogen (secondary N) is 1. The molecule has 4 heteroatoms. The Morgan fingerprint density at radius 2 is 2.00 bits per heavy atom. The fraction of sp³-hybridized carbons (Fsp3) is 0.133. The highest BCUT2D eigenvalue weighted by atomic mass is 16.5. The van der Waals surface area contributed by atoms with E-state index in [2.05, 4.69) is 9.97 Å². The zero-order chi connectivity index (χ0) is 13.4. The second kappa shape index (κ2) is 4.31. The predicted octanol–water partition coefficient (Wildman–Crippen LogP) is 3.25. The number of methoxy groups -OCH3 is 1. The summed E-state index contributed by atoms with van der Waals surface area (Å²) >= 11 is 0. The number of aromatic nitrogens is 2. The van der Waals surface area contributed by atoms with E-state index in [4.69, 9.17) is 4.74 Å². The summed E-state index contributed by atoms with van der Waals surface area (Å²) in [5.41, 5.74) is 3.51. The van der Waals surface area contributed by atoms with Crippen molar-refractivity contribution in [1.29, 1.82) is 0 Å². The number of benzene rings is 2. The summed E-state index contributed by atoms with van der Waals surface area (Å²) in [5, 5.41) is 9.93. The van der Waals surface area contributed by atoms with Gasteiger partial charge in [-0.25, -0.2) is 4.98 Å². The van der Waals surface area contributed by atoms with Gasteiger partial charge in [-0.05, 0) is 31.2 Å². The maximum absolute atomic E-state index is 9.93. The number of aryl methyl sites for hydroxylation is 1. The summed E-state index contributed by atoms with van der Waals surface area (Å²) < 4.78 is 5.18. The van der Waals surface area contributed by atoms with Crippen LogP contribution in [0.5, 0.6) is 11.5 Å². The lowest BCUT2D eigenvalue weighted by molar-refractivity contribution is 0.415. The highest BCUT2D eigenvalue weighted by Gasteiger charge is 2.10. The largest absolute Gasteiger partial charge is 0.507 e. The average molecular weight is 254 g/mol. The van der Waals surface area contributed by atoms with Crippen LogP contribution in [0.25, 0.3) is 22.4 Å². The molecule has 0 fully saturated rings. The first-order valence-corrected chi connectivity index (χ1v) is 6.01. The maximum atomic E-state index is 9.93. The van der Waals surface area contributed by atoms with Crippen LogP contribution >= 0.6 is 0 Å². The molecule has 1 aromatic heterocycles. The van der Waals surface area contributed by atoms with Gasteiger partial charge in [0.05, 0.1) is 23.7 Å². The number of hydrogen-bond acceptors (Lipinski definition) is 3. The quantitative estimate of drug-likeness (QED) is 0.738. The van der Waals surface area contributed by atoms with Crippen molar-refractivity contribution in [2.45, 2.75) is 6.92 Å². The normalized spacial score (nSPS) is 10.8. The molecule has 2 aromatic carbocycles. The van der Waals surface area contributed by atoms with Crippen LogP contribution in [0.4, 0.5) is 0 Å². The fourth-order valence-electron chi connectivity index (χ4n) is 2.08. The number of aromatic amines is 1. The highest BCUT2D eigenvalue weighted by molar-refractivity contribution is 5.81. The smallest absolute Gasteiger partial charge is 0.142 e. The summed E-state index contributed by atoms with van der Waals surface area (Å²) in [6.45, 7) is 1.98. The molecule has 2 N–H and O–H groups in total. The number of imidazole rings is 1. The van der Waals surface area contributed by atoms with Gasteiger partial charge in [0.25, 0.3) is 0 Å². The number of fused-ring (bicyclic) bond motifs is 1. The highest BCUT2D eigenvalue weighted by Crippen LogP contribution is 2.30. The molecule has 0 aliphatic carbocycles. The van der Waals surface area contributed by atoms with Gasteiger partial charge in [0, 0.05) is 6.07 Å². The van der Waals surface area contributed by atoms with Gasteiger partial charge >= 0.3 is 0 Å². The van der Waals surface area contributed by atoms with Crippen LogP contribution < -0.4 is 4.74 Å². The standard InChI is InChI=1S/C15H14N2O2/c1-9-3-6-14(18)11(7-9)15-16-12-5-4-10(19-2)8-13(12)17-15/h3-8,18H,1-2H3,(H,16,17). The van der Waals surface area contributed by atoms with Gasteiger partial charge in [0.1, 0.15) is 17.3 Å². The number of H-pyrrole nitrogens is 1. The van der Waals surface area contributed by atoms with E-state index in [0.29, 0.717) is 11.4 Å². The van der Waals surface area contributed by atoms with Crippen molar-refractivity contribution in [3.63, 3.8) is 0 Å². The third-order valence-corrected chi connectivity index (χ3v) is 3.10. The Kier molecular flexibility index (Phi) is 2.63. The van der Waals surface area contributed by atoms with Crippen LogP contribution in [0, 0.1) is 6.92 Å². The summed E-state index contributed by atoms with van der Waals surface area (Å²) in [4.78, 5) is 7.69. The van der Waals surface area contributed by atoms with E-state index < -0.39 is 0 Å². The molecule has 0 saturated heterocycles. The van der Waals surface area contributed by atoms with Crippen LogP contribution in [0.1, 0.15) is 5.56 Å². The van der Waals surface area contributed by atoms with E-state index in [1.54, 1.807) is 13.2 Å². The Labute approximate surface area is 110 Å². The topological polar surface area (TPSA) is 58.1 Å². The van der Waals surface area contributed by atoms with Gasteiger partial charge in [-0.2, -0.15) is 0 Å². The third-order valence-electron chi connectivity index (χ3n) is 3.10.